The van der Waals surface area contributed by atoms with Crippen LogP contribution in [-0.2, 0) is 6.54 Å². The molecule has 0 amide bonds. The first-order valence-corrected chi connectivity index (χ1v) is 19.6. The highest BCUT2D eigenvalue weighted by atomic mass is 15.0. The molecule has 270 valence electrons. The second-order valence-corrected chi connectivity index (χ2v) is 14.7. The first-order chi connectivity index (χ1) is 28.3. The van der Waals surface area contributed by atoms with E-state index in [1.807, 2.05) is 0 Å². The van der Waals surface area contributed by atoms with Crippen LogP contribution in [0, 0.1) is 0 Å². The number of nitrogens with zero attached hydrogens (tertiary/aromatic N) is 2. The highest BCUT2D eigenvalue weighted by Gasteiger charge is 2.16. The molecule has 2 heterocycles. The smallest absolute Gasteiger partial charge is 0.0542 e. The summed E-state index contributed by atoms with van der Waals surface area (Å²) in [6.07, 6.45) is 0. The third-order valence-electron chi connectivity index (χ3n) is 11.3. The normalized spacial score (nSPS) is 11.6. The molecule has 57 heavy (non-hydrogen) atoms. The van der Waals surface area contributed by atoms with Crippen LogP contribution in [-0.4, -0.2) is 9.13 Å². The number of aromatic nitrogens is 2. The van der Waals surface area contributed by atoms with Crippen LogP contribution in [0.4, 0.5) is 17.1 Å². The fourth-order valence-corrected chi connectivity index (χ4v) is 8.71. The van der Waals surface area contributed by atoms with Crippen LogP contribution >= 0.6 is 0 Å². The third kappa shape index (κ3) is 5.70. The lowest BCUT2D eigenvalue weighted by molar-refractivity contribution is 1.11. The van der Waals surface area contributed by atoms with Gasteiger partial charge in [-0.15, -0.1) is 0 Å². The van der Waals surface area contributed by atoms with Crippen molar-refractivity contribution in [2.75, 3.05) is 10.6 Å². The van der Waals surface area contributed by atoms with Gasteiger partial charge < -0.3 is 19.8 Å². The molecular formula is C53H38N4. The van der Waals surface area contributed by atoms with Gasteiger partial charge in [0.05, 0.1) is 22.1 Å². The SMILES string of the molecule is c1ccc(-c2ccc(Nc3ccc4c(c3)c3ccccc3n4-c3cccc(CNc4ccc5c(c4)c4ccccc4n5-c4ccccc4)c3)c3ccccc23)cc1. The standard InChI is InChI=1S/C53H38N4/c1-3-15-37(16-4-1)42-28-29-49(44-21-8-7-20-43(42)44)55-39-27-31-53-48(34-39)46-23-10-12-25-51(46)57(53)41-19-13-14-36(32-41)35-54-38-26-30-52-47(33-38)45-22-9-11-24-50(45)56(52)40-17-5-2-6-18-40/h1-34,54-55H,35H2. The Morgan fingerprint density at radius 1 is 0.351 bits per heavy atom. The maximum Gasteiger partial charge on any atom is 0.0542 e. The quantitative estimate of drug-likeness (QED) is 0.163. The maximum absolute atomic E-state index is 3.78. The molecule has 0 unspecified atom stereocenters. The van der Waals surface area contributed by atoms with E-state index in [1.165, 1.54) is 76.8 Å². The van der Waals surface area contributed by atoms with Crippen molar-refractivity contribution in [1.82, 2.24) is 9.13 Å². The van der Waals surface area contributed by atoms with E-state index in [1.54, 1.807) is 0 Å². The topological polar surface area (TPSA) is 33.9 Å². The average molecular weight is 731 g/mol. The number of benzene rings is 9. The van der Waals surface area contributed by atoms with Crippen molar-refractivity contribution in [3.05, 3.63) is 212 Å². The van der Waals surface area contributed by atoms with Gasteiger partial charge in [0.1, 0.15) is 0 Å². The van der Waals surface area contributed by atoms with Gasteiger partial charge in [-0.2, -0.15) is 0 Å². The fourth-order valence-electron chi connectivity index (χ4n) is 8.71. The maximum atomic E-state index is 3.78. The van der Waals surface area contributed by atoms with Gasteiger partial charge in [-0.05, 0) is 101 Å². The zero-order valence-corrected chi connectivity index (χ0v) is 31.2. The summed E-state index contributed by atoms with van der Waals surface area (Å²) in [6, 6.07) is 74.1. The Labute approximate surface area is 330 Å². The van der Waals surface area contributed by atoms with Crippen LogP contribution in [0.25, 0.3) is 76.9 Å². The van der Waals surface area contributed by atoms with Gasteiger partial charge >= 0.3 is 0 Å². The van der Waals surface area contributed by atoms with E-state index < -0.39 is 0 Å². The number of anilines is 3. The number of rotatable bonds is 8. The Morgan fingerprint density at radius 2 is 0.895 bits per heavy atom. The minimum absolute atomic E-state index is 0.707. The molecule has 0 saturated carbocycles. The van der Waals surface area contributed by atoms with E-state index in [2.05, 4.69) is 226 Å². The summed E-state index contributed by atoms with van der Waals surface area (Å²) in [6.45, 7) is 0.707. The Hall–Kier alpha value is -7.56. The zero-order chi connectivity index (χ0) is 37.7. The lowest BCUT2D eigenvalue weighted by atomic mass is 9.97. The molecule has 0 atom stereocenters. The summed E-state index contributed by atoms with van der Waals surface area (Å²) in [5.41, 5.74) is 14.0. The summed E-state index contributed by atoms with van der Waals surface area (Å²) in [5, 5.41) is 14.9. The van der Waals surface area contributed by atoms with Crippen LogP contribution < -0.4 is 10.6 Å². The van der Waals surface area contributed by atoms with Crippen molar-refractivity contribution < 1.29 is 0 Å². The summed E-state index contributed by atoms with van der Waals surface area (Å²) in [7, 11) is 0. The lowest BCUT2D eigenvalue weighted by Gasteiger charge is -2.14. The first-order valence-electron chi connectivity index (χ1n) is 19.6. The molecule has 4 nitrogen and oxygen atoms in total. The molecule has 11 rings (SSSR count). The van der Waals surface area contributed by atoms with Gasteiger partial charge in [0.15, 0.2) is 0 Å². The lowest BCUT2D eigenvalue weighted by Crippen LogP contribution is -2.01. The van der Waals surface area contributed by atoms with Gasteiger partial charge in [-0.3, -0.25) is 0 Å². The molecular weight excluding hydrogens is 693 g/mol. The van der Waals surface area contributed by atoms with Crippen molar-refractivity contribution in [3.63, 3.8) is 0 Å². The molecule has 0 bridgehead atoms. The number of hydrogen-bond acceptors (Lipinski definition) is 2. The van der Waals surface area contributed by atoms with E-state index in [4.69, 9.17) is 0 Å². The van der Waals surface area contributed by atoms with Gasteiger partial charge in [-0.1, -0.05) is 127 Å². The van der Waals surface area contributed by atoms with Gasteiger partial charge in [0.2, 0.25) is 0 Å². The van der Waals surface area contributed by atoms with E-state index in [0.717, 1.165) is 22.7 Å². The highest BCUT2D eigenvalue weighted by Crippen LogP contribution is 2.38. The third-order valence-corrected chi connectivity index (χ3v) is 11.3. The Kier molecular flexibility index (Phi) is 7.85. The summed E-state index contributed by atoms with van der Waals surface area (Å²) >= 11 is 0. The van der Waals surface area contributed by atoms with Crippen LogP contribution in [0.3, 0.4) is 0 Å². The second kappa shape index (κ2) is 13.6. The minimum atomic E-state index is 0.707. The van der Waals surface area contributed by atoms with E-state index in [9.17, 15) is 0 Å². The van der Waals surface area contributed by atoms with E-state index >= 15 is 0 Å². The summed E-state index contributed by atoms with van der Waals surface area (Å²) in [5.74, 6) is 0. The Balaban J connectivity index is 0.914. The number of nitrogens with one attached hydrogen (secondary N) is 2. The van der Waals surface area contributed by atoms with Crippen molar-refractivity contribution in [2.24, 2.45) is 0 Å². The van der Waals surface area contributed by atoms with Crippen molar-refractivity contribution in [1.29, 1.82) is 0 Å². The molecule has 0 fully saturated rings. The number of hydrogen-bond donors (Lipinski definition) is 2. The molecule has 2 aromatic heterocycles. The molecule has 0 radical (unpaired) electrons. The Morgan fingerprint density at radius 3 is 1.61 bits per heavy atom. The van der Waals surface area contributed by atoms with Crippen LogP contribution in [0.1, 0.15) is 5.56 Å². The largest absolute Gasteiger partial charge is 0.381 e. The minimum Gasteiger partial charge on any atom is -0.381 e. The van der Waals surface area contributed by atoms with Gasteiger partial charge in [-0.25, -0.2) is 0 Å². The monoisotopic (exact) mass is 730 g/mol. The highest BCUT2D eigenvalue weighted by molar-refractivity contribution is 6.12. The predicted molar refractivity (Wildman–Crippen MR) is 242 cm³/mol. The predicted octanol–water partition coefficient (Wildman–Crippen LogP) is 14.1. The molecule has 11 aromatic rings. The van der Waals surface area contributed by atoms with Gasteiger partial charge in [0.25, 0.3) is 0 Å². The molecule has 0 spiro atoms. The van der Waals surface area contributed by atoms with Crippen molar-refractivity contribution >= 4 is 71.4 Å². The molecule has 9 aromatic carbocycles. The van der Waals surface area contributed by atoms with Crippen molar-refractivity contribution in [2.45, 2.75) is 6.54 Å². The summed E-state index contributed by atoms with van der Waals surface area (Å²) in [4.78, 5) is 0. The summed E-state index contributed by atoms with van der Waals surface area (Å²) < 4.78 is 4.75. The number of para-hydroxylation sites is 3. The second-order valence-electron chi connectivity index (χ2n) is 14.7. The molecule has 2 N–H and O–H groups in total. The van der Waals surface area contributed by atoms with Crippen molar-refractivity contribution in [3.8, 4) is 22.5 Å². The Bertz CT molecular complexity index is 3270. The van der Waals surface area contributed by atoms with Crippen LogP contribution in [0.2, 0.25) is 0 Å². The molecule has 0 aliphatic rings. The molecule has 0 aliphatic carbocycles. The molecule has 0 saturated heterocycles. The van der Waals surface area contributed by atoms with Gasteiger partial charge in [0, 0.05) is 61.9 Å². The first kappa shape index (κ1) is 32.8. The fraction of sp³-hybridized carbons (Fsp3) is 0.0189. The van der Waals surface area contributed by atoms with E-state index in [-0.39, 0.29) is 0 Å². The van der Waals surface area contributed by atoms with E-state index in [0.29, 0.717) is 6.54 Å². The average Bonchev–Trinajstić information content (AvgIpc) is 3.79. The zero-order valence-electron chi connectivity index (χ0n) is 31.2. The number of fused-ring (bicyclic) bond motifs is 7. The molecule has 4 heteroatoms. The molecule has 0 aliphatic heterocycles. The van der Waals surface area contributed by atoms with Crippen LogP contribution in [0.5, 0.6) is 0 Å². The van der Waals surface area contributed by atoms with Crippen LogP contribution in [0.15, 0.2) is 206 Å².